The molecule has 1 aromatic rings. The molecule has 4 heteroatoms. The molecule has 1 aromatic heterocycles. The molecule has 0 spiro atoms. The second kappa shape index (κ2) is 4.94. The summed E-state index contributed by atoms with van der Waals surface area (Å²) in [5.41, 5.74) is 8.08. The first kappa shape index (κ1) is 11.7. The molecule has 0 aliphatic rings. The molecular weight excluding hydrogens is 212 g/mol. The van der Waals surface area contributed by atoms with E-state index in [1.54, 1.807) is 23.1 Å². The zero-order valence-corrected chi connectivity index (χ0v) is 10.6. The molecule has 2 nitrogen and oxygen atoms in total. The van der Waals surface area contributed by atoms with Gasteiger partial charge in [-0.15, -0.1) is 23.1 Å². The van der Waals surface area contributed by atoms with Crippen LogP contribution >= 0.6 is 23.1 Å². The number of hydrogen-bond donors (Lipinski definition) is 1. The third-order valence-corrected chi connectivity index (χ3v) is 4.22. The van der Waals surface area contributed by atoms with Crippen LogP contribution in [0.5, 0.6) is 0 Å². The van der Waals surface area contributed by atoms with Gasteiger partial charge in [0.05, 0.1) is 0 Å². The van der Waals surface area contributed by atoms with Crippen molar-refractivity contribution >= 4 is 28.8 Å². The largest absolute Gasteiger partial charge is 0.204 e. The summed E-state index contributed by atoms with van der Waals surface area (Å²) in [4.78, 5) is 2.38. The maximum atomic E-state index is 7.20. The molecule has 0 radical (unpaired) electrons. The summed E-state index contributed by atoms with van der Waals surface area (Å²) in [6.45, 7) is 8.60. The molecule has 14 heavy (non-hydrogen) atoms. The predicted molar refractivity (Wildman–Crippen MR) is 64.2 cm³/mol. The van der Waals surface area contributed by atoms with Gasteiger partial charge in [-0.2, -0.15) is 5.11 Å². The topological polar surface area (TPSA) is 36.2 Å². The van der Waals surface area contributed by atoms with Crippen LogP contribution in [0.1, 0.15) is 38.5 Å². The van der Waals surface area contributed by atoms with Crippen LogP contribution in [-0.4, -0.2) is 5.25 Å². The second-order valence-corrected chi connectivity index (χ2v) is 6.28. The van der Waals surface area contributed by atoms with Crippen molar-refractivity contribution in [2.75, 3.05) is 0 Å². The van der Waals surface area contributed by atoms with Crippen molar-refractivity contribution in [1.29, 1.82) is 5.53 Å². The van der Waals surface area contributed by atoms with Crippen LogP contribution in [0.4, 0.5) is 5.69 Å². The quantitative estimate of drug-likeness (QED) is 0.569. The van der Waals surface area contributed by atoms with E-state index in [2.05, 4.69) is 38.2 Å². The highest BCUT2D eigenvalue weighted by molar-refractivity contribution is 8.00. The lowest BCUT2D eigenvalue weighted by Gasteiger charge is -2.05. The number of rotatable bonds is 4. The highest BCUT2D eigenvalue weighted by Crippen LogP contribution is 2.42. The number of nitrogens with one attached hydrogen (secondary N) is 1. The van der Waals surface area contributed by atoms with Gasteiger partial charge in [-0.3, -0.25) is 0 Å². The van der Waals surface area contributed by atoms with E-state index in [4.69, 9.17) is 5.53 Å². The van der Waals surface area contributed by atoms with Crippen LogP contribution < -0.4 is 0 Å². The number of thiophene rings is 1. The molecule has 0 aliphatic heterocycles. The van der Waals surface area contributed by atoms with Gasteiger partial charge in [0, 0.05) is 20.4 Å². The monoisotopic (exact) mass is 228 g/mol. The Morgan fingerprint density at radius 3 is 2.43 bits per heavy atom. The first-order chi connectivity index (χ1) is 6.56. The van der Waals surface area contributed by atoms with Crippen molar-refractivity contribution in [3.8, 4) is 0 Å². The second-order valence-electron chi connectivity index (χ2n) is 3.75. The van der Waals surface area contributed by atoms with Crippen molar-refractivity contribution in [2.45, 2.75) is 43.8 Å². The van der Waals surface area contributed by atoms with Crippen LogP contribution in [0.25, 0.3) is 0 Å². The normalized spacial score (nSPS) is 11.3. The van der Waals surface area contributed by atoms with Gasteiger partial charge in [-0.25, -0.2) is 5.53 Å². The standard InChI is InChI=1S/C10H16N2S2/c1-6(2)10-9(12-11)8(5-13-10)14-7(3)4/h5-7,11H,1-4H3. The molecule has 0 fully saturated rings. The van der Waals surface area contributed by atoms with Crippen LogP contribution in [0.3, 0.4) is 0 Å². The summed E-state index contributed by atoms with van der Waals surface area (Å²) in [7, 11) is 0. The van der Waals surface area contributed by atoms with Gasteiger partial charge >= 0.3 is 0 Å². The Morgan fingerprint density at radius 2 is 2.00 bits per heavy atom. The minimum Gasteiger partial charge on any atom is -0.204 e. The first-order valence-electron chi connectivity index (χ1n) is 4.71. The van der Waals surface area contributed by atoms with E-state index < -0.39 is 0 Å². The Morgan fingerprint density at radius 1 is 1.36 bits per heavy atom. The molecule has 0 saturated heterocycles. The van der Waals surface area contributed by atoms with Crippen LogP contribution in [-0.2, 0) is 0 Å². The average Bonchev–Trinajstić information content (AvgIpc) is 2.46. The molecule has 0 aliphatic carbocycles. The molecule has 0 amide bonds. The molecule has 1 heterocycles. The lowest BCUT2D eigenvalue weighted by atomic mass is 10.1. The third kappa shape index (κ3) is 2.58. The van der Waals surface area contributed by atoms with Crippen molar-refractivity contribution in [2.24, 2.45) is 5.11 Å². The van der Waals surface area contributed by atoms with E-state index in [1.807, 2.05) is 0 Å². The number of hydrogen-bond acceptors (Lipinski definition) is 4. The minimum absolute atomic E-state index is 0.464. The lowest BCUT2D eigenvalue weighted by Crippen LogP contribution is -1.85. The van der Waals surface area contributed by atoms with Crippen LogP contribution in [0.15, 0.2) is 15.4 Å². The molecule has 0 atom stereocenters. The number of nitrogens with zero attached hydrogens (tertiary/aromatic N) is 1. The van der Waals surface area contributed by atoms with E-state index in [-0.39, 0.29) is 0 Å². The van der Waals surface area contributed by atoms with Crippen molar-refractivity contribution in [3.05, 3.63) is 10.3 Å². The molecule has 1 N–H and O–H groups in total. The maximum Gasteiger partial charge on any atom is 0.113 e. The summed E-state index contributed by atoms with van der Waals surface area (Å²) in [6.07, 6.45) is 0. The van der Waals surface area contributed by atoms with Crippen molar-refractivity contribution < 1.29 is 0 Å². The molecule has 0 saturated carbocycles. The minimum atomic E-state index is 0.464. The molecule has 0 aromatic carbocycles. The van der Waals surface area contributed by atoms with Crippen LogP contribution in [0.2, 0.25) is 0 Å². The van der Waals surface area contributed by atoms with Gasteiger partial charge in [0.1, 0.15) is 5.69 Å². The molecule has 0 unspecified atom stereocenters. The van der Waals surface area contributed by atoms with Crippen LogP contribution in [0, 0.1) is 5.53 Å². The Balaban J connectivity index is 3.01. The fourth-order valence-electron chi connectivity index (χ4n) is 1.21. The molecular formula is C10H16N2S2. The van der Waals surface area contributed by atoms with E-state index in [0.717, 1.165) is 10.6 Å². The van der Waals surface area contributed by atoms with Gasteiger partial charge in [-0.1, -0.05) is 27.7 Å². The lowest BCUT2D eigenvalue weighted by molar-refractivity contribution is 0.881. The summed E-state index contributed by atoms with van der Waals surface area (Å²) >= 11 is 3.50. The third-order valence-electron chi connectivity index (χ3n) is 1.76. The van der Waals surface area contributed by atoms with Gasteiger partial charge < -0.3 is 0 Å². The summed E-state index contributed by atoms with van der Waals surface area (Å²) in [6, 6.07) is 0. The average molecular weight is 228 g/mol. The summed E-state index contributed by atoms with van der Waals surface area (Å²) < 4.78 is 0. The van der Waals surface area contributed by atoms with E-state index in [1.165, 1.54) is 4.88 Å². The summed E-state index contributed by atoms with van der Waals surface area (Å²) in [5, 5.41) is 6.31. The highest BCUT2D eigenvalue weighted by Gasteiger charge is 2.15. The zero-order valence-electron chi connectivity index (χ0n) is 9.00. The fraction of sp³-hybridized carbons (Fsp3) is 0.600. The Labute approximate surface area is 93.6 Å². The first-order valence-corrected chi connectivity index (χ1v) is 6.47. The Hall–Kier alpha value is -0.350. The van der Waals surface area contributed by atoms with Gasteiger partial charge in [0.2, 0.25) is 0 Å². The van der Waals surface area contributed by atoms with Gasteiger partial charge in [0.15, 0.2) is 0 Å². The van der Waals surface area contributed by atoms with Crippen molar-refractivity contribution in [3.63, 3.8) is 0 Å². The Bertz CT molecular complexity index is 316. The highest BCUT2D eigenvalue weighted by atomic mass is 32.2. The zero-order chi connectivity index (χ0) is 10.7. The SMILES string of the molecule is CC(C)Sc1csc(C(C)C)c1N=N. The smallest absolute Gasteiger partial charge is 0.113 e. The van der Waals surface area contributed by atoms with Gasteiger partial charge in [-0.05, 0) is 5.92 Å². The van der Waals surface area contributed by atoms with Crippen molar-refractivity contribution in [1.82, 2.24) is 0 Å². The van der Waals surface area contributed by atoms with Gasteiger partial charge in [0.25, 0.3) is 0 Å². The maximum absolute atomic E-state index is 7.20. The predicted octanol–water partition coefficient (Wildman–Crippen LogP) is 5.03. The number of thioether (sulfide) groups is 1. The summed E-state index contributed by atoms with van der Waals surface area (Å²) in [5.74, 6) is 0.464. The molecule has 1 rings (SSSR count). The van der Waals surface area contributed by atoms with E-state index in [0.29, 0.717) is 11.2 Å². The molecule has 78 valence electrons. The fourth-order valence-corrected chi connectivity index (χ4v) is 3.30. The van der Waals surface area contributed by atoms with E-state index in [9.17, 15) is 0 Å². The molecule has 0 bridgehead atoms. The van der Waals surface area contributed by atoms with E-state index >= 15 is 0 Å². The Kier molecular flexibility index (Phi) is 4.13.